The summed E-state index contributed by atoms with van der Waals surface area (Å²) in [7, 11) is 0. The van der Waals surface area contributed by atoms with Gasteiger partial charge in [-0.1, -0.05) is 13.8 Å². The fraction of sp³-hybridized carbons (Fsp3) is 0.750. The molecule has 96 valence electrons. The second kappa shape index (κ2) is 6.61. The zero-order valence-electron chi connectivity index (χ0n) is 10.6. The molecule has 1 fully saturated rings. The van der Waals surface area contributed by atoms with Crippen LogP contribution in [0.15, 0.2) is 5.38 Å². The first kappa shape index (κ1) is 13.2. The molecule has 0 radical (unpaired) electrons. The largest absolute Gasteiger partial charge is 0.346 e. The van der Waals surface area contributed by atoms with Crippen LogP contribution in [0.1, 0.15) is 19.5 Å². The topological polar surface area (TPSA) is 28.2 Å². The summed E-state index contributed by atoms with van der Waals surface area (Å²) in [5, 5.41) is 6.82. The Kier molecular flexibility index (Phi) is 5.13. The van der Waals surface area contributed by atoms with Gasteiger partial charge in [-0.3, -0.25) is 0 Å². The Hall–Kier alpha value is -0.260. The van der Waals surface area contributed by atoms with Crippen LogP contribution in [-0.4, -0.2) is 36.1 Å². The van der Waals surface area contributed by atoms with Crippen molar-refractivity contribution >= 4 is 28.2 Å². The van der Waals surface area contributed by atoms with Crippen LogP contribution < -0.4 is 10.2 Å². The standard InChI is InChI=1S/C12H21N3S2/c1-10(2)7-13-8-11-9-17-12(14-11)15-3-5-16-6-4-15/h9-10,13H,3-8H2,1-2H3. The van der Waals surface area contributed by atoms with Gasteiger partial charge in [-0.25, -0.2) is 4.98 Å². The van der Waals surface area contributed by atoms with E-state index in [9.17, 15) is 0 Å². The zero-order valence-corrected chi connectivity index (χ0v) is 12.2. The third-order valence-corrected chi connectivity index (χ3v) is 4.57. The highest BCUT2D eigenvalue weighted by Gasteiger charge is 2.14. The lowest BCUT2D eigenvalue weighted by molar-refractivity contribution is 0.549. The molecule has 3 nitrogen and oxygen atoms in total. The van der Waals surface area contributed by atoms with Gasteiger partial charge >= 0.3 is 0 Å². The lowest BCUT2D eigenvalue weighted by atomic mass is 10.2. The van der Waals surface area contributed by atoms with Crippen LogP contribution in [0, 0.1) is 5.92 Å². The first-order valence-electron chi connectivity index (χ1n) is 6.23. The minimum Gasteiger partial charge on any atom is -0.346 e. The predicted octanol–water partition coefficient (Wildman–Crippen LogP) is 2.44. The molecule has 1 aromatic heterocycles. The highest BCUT2D eigenvalue weighted by atomic mass is 32.2. The quantitative estimate of drug-likeness (QED) is 0.890. The predicted molar refractivity (Wildman–Crippen MR) is 78.2 cm³/mol. The molecule has 0 spiro atoms. The van der Waals surface area contributed by atoms with Crippen molar-refractivity contribution in [3.63, 3.8) is 0 Å². The van der Waals surface area contributed by atoms with Gasteiger partial charge < -0.3 is 10.2 Å². The van der Waals surface area contributed by atoms with Gasteiger partial charge in [-0.2, -0.15) is 11.8 Å². The highest BCUT2D eigenvalue weighted by molar-refractivity contribution is 7.99. The summed E-state index contributed by atoms with van der Waals surface area (Å²) in [5.74, 6) is 3.17. The number of thiazole rings is 1. The van der Waals surface area contributed by atoms with Crippen molar-refractivity contribution in [3.05, 3.63) is 11.1 Å². The number of nitrogens with zero attached hydrogens (tertiary/aromatic N) is 2. The van der Waals surface area contributed by atoms with Gasteiger partial charge in [0.1, 0.15) is 0 Å². The maximum Gasteiger partial charge on any atom is 0.185 e. The Labute approximate surface area is 112 Å². The lowest BCUT2D eigenvalue weighted by Gasteiger charge is -2.25. The van der Waals surface area contributed by atoms with Crippen LogP contribution >= 0.6 is 23.1 Å². The Bertz CT molecular complexity index is 332. The molecule has 17 heavy (non-hydrogen) atoms. The number of thioether (sulfide) groups is 1. The number of anilines is 1. The summed E-state index contributed by atoms with van der Waals surface area (Å²) < 4.78 is 0. The molecule has 2 heterocycles. The van der Waals surface area contributed by atoms with Gasteiger partial charge in [0.15, 0.2) is 5.13 Å². The smallest absolute Gasteiger partial charge is 0.185 e. The fourth-order valence-electron chi connectivity index (χ4n) is 1.77. The molecule has 0 bridgehead atoms. The minimum absolute atomic E-state index is 0.701. The van der Waals surface area contributed by atoms with Crippen molar-refractivity contribution in [1.29, 1.82) is 0 Å². The number of hydrogen-bond acceptors (Lipinski definition) is 5. The van der Waals surface area contributed by atoms with Crippen LogP contribution in [-0.2, 0) is 6.54 Å². The Morgan fingerprint density at radius 3 is 2.88 bits per heavy atom. The van der Waals surface area contributed by atoms with E-state index in [2.05, 4.69) is 29.4 Å². The summed E-state index contributed by atoms with van der Waals surface area (Å²) >= 11 is 3.82. The molecule has 0 saturated carbocycles. The maximum atomic E-state index is 4.70. The van der Waals surface area contributed by atoms with Crippen molar-refractivity contribution in [2.24, 2.45) is 5.92 Å². The monoisotopic (exact) mass is 271 g/mol. The molecule has 1 N–H and O–H groups in total. The lowest BCUT2D eigenvalue weighted by Crippen LogP contribution is -2.32. The maximum absolute atomic E-state index is 4.70. The van der Waals surface area contributed by atoms with E-state index >= 15 is 0 Å². The van der Waals surface area contributed by atoms with E-state index in [1.807, 2.05) is 11.8 Å². The highest BCUT2D eigenvalue weighted by Crippen LogP contribution is 2.23. The fourth-order valence-corrected chi connectivity index (χ4v) is 3.55. The zero-order chi connectivity index (χ0) is 12.1. The van der Waals surface area contributed by atoms with Crippen molar-refractivity contribution in [2.45, 2.75) is 20.4 Å². The molecule has 0 amide bonds. The molecular formula is C12H21N3S2. The van der Waals surface area contributed by atoms with Gasteiger partial charge in [0.2, 0.25) is 0 Å². The summed E-state index contributed by atoms with van der Waals surface area (Å²) in [6.45, 7) is 8.72. The Morgan fingerprint density at radius 1 is 1.41 bits per heavy atom. The minimum atomic E-state index is 0.701. The molecule has 1 aliphatic heterocycles. The molecule has 2 rings (SSSR count). The molecular weight excluding hydrogens is 250 g/mol. The molecule has 1 saturated heterocycles. The first-order valence-corrected chi connectivity index (χ1v) is 8.27. The number of rotatable bonds is 5. The van der Waals surface area contributed by atoms with Gasteiger partial charge in [0.25, 0.3) is 0 Å². The van der Waals surface area contributed by atoms with Gasteiger partial charge in [-0.05, 0) is 12.5 Å². The second-order valence-corrected chi connectivity index (χ2v) is 6.81. The third kappa shape index (κ3) is 4.16. The van der Waals surface area contributed by atoms with E-state index < -0.39 is 0 Å². The van der Waals surface area contributed by atoms with Crippen molar-refractivity contribution in [1.82, 2.24) is 10.3 Å². The molecule has 1 aromatic rings. The van der Waals surface area contributed by atoms with Gasteiger partial charge in [-0.15, -0.1) is 11.3 Å². The Morgan fingerprint density at radius 2 is 2.18 bits per heavy atom. The van der Waals surface area contributed by atoms with Gasteiger partial charge in [0, 0.05) is 36.5 Å². The summed E-state index contributed by atoms with van der Waals surface area (Å²) in [6.07, 6.45) is 0. The van der Waals surface area contributed by atoms with E-state index in [0.717, 1.165) is 26.2 Å². The second-order valence-electron chi connectivity index (χ2n) is 4.75. The van der Waals surface area contributed by atoms with Crippen LogP contribution in [0.25, 0.3) is 0 Å². The number of nitrogens with one attached hydrogen (secondary N) is 1. The average Bonchev–Trinajstić information content (AvgIpc) is 2.78. The van der Waals surface area contributed by atoms with Crippen LogP contribution in [0.2, 0.25) is 0 Å². The Balaban J connectivity index is 1.82. The molecule has 0 atom stereocenters. The summed E-state index contributed by atoms with van der Waals surface area (Å²) in [6, 6.07) is 0. The summed E-state index contributed by atoms with van der Waals surface area (Å²) in [5.41, 5.74) is 1.18. The molecule has 0 aliphatic carbocycles. The van der Waals surface area contributed by atoms with Crippen LogP contribution in [0.5, 0.6) is 0 Å². The van der Waals surface area contributed by atoms with E-state index in [1.54, 1.807) is 11.3 Å². The van der Waals surface area contributed by atoms with E-state index in [1.165, 1.54) is 22.3 Å². The SMILES string of the molecule is CC(C)CNCc1csc(N2CCSCC2)n1. The van der Waals surface area contributed by atoms with Crippen molar-refractivity contribution < 1.29 is 0 Å². The van der Waals surface area contributed by atoms with Crippen molar-refractivity contribution in [3.8, 4) is 0 Å². The number of hydrogen-bond donors (Lipinski definition) is 1. The van der Waals surface area contributed by atoms with E-state index in [4.69, 9.17) is 4.98 Å². The molecule has 1 aliphatic rings. The van der Waals surface area contributed by atoms with E-state index in [-0.39, 0.29) is 0 Å². The average molecular weight is 271 g/mol. The third-order valence-electron chi connectivity index (χ3n) is 2.68. The molecule has 0 unspecified atom stereocenters. The molecule has 0 aromatic carbocycles. The normalized spacial score (nSPS) is 16.8. The summed E-state index contributed by atoms with van der Waals surface area (Å²) in [4.78, 5) is 7.11. The molecule has 5 heteroatoms. The van der Waals surface area contributed by atoms with Crippen LogP contribution in [0.3, 0.4) is 0 Å². The van der Waals surface area contributed by atoms with E-state index in [0.29, 0.717) is 5.92 Å². The van der Waals surface area contributed by atoms with Crippen molar-refractivity contribution in [2.75, 3.05) is 36.0 Å². The van der Waals surface area contributed by atoms with Gasteiger partial charge in [0.05, 0.1) is 5.69 Å². The first-order chi connectivity index (χ1) is 8.25. The van der Waals surface area contributed by atoms with Crippen LogP contribution in [0.4, 0.5) is 5.13 Å². The number of aromatic nitrogens is 1.